The number of fused-ring (bicyclic) bond motifs is 1. The first-order valence-corrected chi connectivity index (χ1v) is 5.14. The number of hydrogen-bond acceptors (Lipinski definition) is 4. The number of aromatic nitrogens is 1. The standard InChI is InChI=1S/C10H11N3S/c11-5-1-2-7-3-4-9-8(6-7)13-10(12)14-9/h1-4,6H,5,11H2,(H2,12,13). The Labute approximate surface area is 86.1 Å². The lowest BCUT2D eigenvalue weighted by atomic mass is 10.2. The van der Waals surface area contributed by atoms with Gasteiger partial charge in [-0.2, -0.15) is 0 Å². The van der Waals surface area contributed by atoms with Crippen LogP contribution >= 0.6 is 11.3 Å². The summed E-state index contributed by atoms with van der Waals surface area (Å²) in [6.07, 6.45) is 3.89. The largest absolute Gasteiger partial charge is 0.375 e. The molecule has 0 saturated heterocycles. The van der Waals surface area contributed by atoms with Crippen molar-refractivity contribution in [3.63, 3.8) is 0 Å². The summed E-state index contributed by atoms with van der Waals surface area (Å²) in [7, 11) is 0. The first-order valence-electron chi connectivity index (χ1n) is 4.32. The van der Waals surface area contributed by atoms with Gasteiger partial charge in [0.15, 0.2) is 5.13 Å². The molecule has 0 aliphatic rings. The normalized spacial score (nSPS) is 11.5. The topological polar surface area (TPSA) is 64.9 Å². The number of nitrogens with zero attached hydrogens (tertiary/aromatic N) is 1. The Morgan fingerprint density at radius 2 is 2.29 bits per heavy atom. The minimum Gasteiger partial charge on any atom is -0.375 e. The molecule has 0 unspecified atom stereocenters. The second-order valence-electron chi connectivity index (χ2n) is 2.92. The highest BCUT2D eigenvalue weighted by molar-refractivity contribution is 7.22. The fraction of sp³-hybridized carbons (Fsp3) is 0.100. The third kappa shape index (κ3) is 1.76. The molecular formula is C10H11N3S. The van der Waals surface area contributed by atoms with Crippen molar-refractivity contribution in [1.82, 2.24) is 4.98 Å². The summed E-state index contributed by atoms with van der Waals surface area (Å²) in [5.74, 6) is 0. The van der Waals surface area contributed by atoms with Crippen LogP contribution in [-0.2, 0) is 0 Å². The van der Waals surface area contributed by atoms with E-state index >= 15 is 0 Å². The zero-order chi connectivity index (χ0) is 9.97. The van der Waals surface area contributed by atoms with Gasteiger partial charge in [-0.25, -0.2) is 4.98 Å². The smallest absolute Gasteiger partial charge is 0.181 e. The van der Waals surface area contributed by atoms with Crippen molar-refractivity contribution >= 4 is 32.8 Å². The lowest BCUT2D eigenvalue weighted by molar-refractivity contribution is 1.26. The fourth-order valence-corrected chi connectivity index (χ4v) is 1.98. The number of hydrogen-bond donors (Lipinski definition) is 2. The molecule has 0 aliphatic carbocycles. The Hall–Kier alpha value is -1.39. The predicted octanol–water partition coefficient (Wildman–Crippen LogP) is 1.85. The molecule has 2 rings (SSSR count). The van der Waals surface area contributed by atoms with Crippen molar-refractivity contribution in [1.29, 1.82) is 0 Å². The molecule has 0 atom stereocenters. The zero-order valence-electron chi connectivity index (χ0n) is 7.60. The average Bonchev–Trinajstić information content (AvgIpc) is 2.54. The molecule has 0 amide bonds. The highest BCUT2D eigenvalue weighted by Gasteiger charge is 1.99. The molecule has 0 fully saturated rings. The van der Waals surface area contributed by atoms with Crippen LogP contribution in [0.15, 0.2) is 24.3 Å². The minimum atomic E-state index is 0.553. The lowest BCUT2D eigenvalue weighted by Gasteiger charge is -1.92. The Morgan fingerprint density at radius 1 is 1.43 bits per heavy atom. The third-order valence-electron chi connectivity index (χ3n) is 1.87. The van der Waals surface area contributed by atoms with Crippen LogP contribution in [0.3, 0.4) is 0 Å². The molecule has 2 aromatic rings. The van der Waals surface area contributed by atoms with Crippen LogP contribution in [0, 0.1) is 0 Å². The summed E-state index contributed by atoms with van der Waals surface area (Å²) in [6, 6.07) is 6.07. The molecule has 4 N–H and O–H groups in total. The van der Waals surface area contributed by atoms with E-state index in [0.29, 0.717) is 11.7 Å². The Morgan fingerprint density at radius 3 is 3.07 bits per heavy atom. The predicted molar refractivity (Wildman–Crippen MR) is 62.1 cm³/mol. The van der Waals surface area contributed by atoms with Crippen molar-refractivity contribution in [2.45, 2.75) is 0 Å². The summed E-state index contributed by atoms with van der Waals surface area (Å²) in [6.45, 7) is 0.553. The van der Waals surface area contributed by atoms with Crippen LogP contribution in [0.1, 0.15) is 5.56 Å². The van der Waals surface area contributed by atoms with Crippen molar-refractivity contribution in [3.05, 3.63) is 29.8 Å². The van der Waals surface area contributed by atoms with E-state index in [0.717, 1.165) is 15.8 Å². The molecular weight excluding hydrogens is 194 g/mol. The minimum absolute atomic E-state index is 0.553. The second-order valence-corrected chi connectivity index (χ2v) is 3.98. The van der Waals surface area contributed by atoms with Gasteiger partial charge in [0.1, 0.15) is 0 Å². The molecule has 0 aliphatic heterocycles. The molecule has 0 bridgehead atoms. The first kappa shape index (κ1) is 9.18. The molecule has 14 heavy (non-hydrogen) atoms. The molecule has 1 aromatic carbocycles. The van der Waals surface area contributed by atoms with E-state index in [4.69, 9.17) is 11.5 Å². The maximum atomic E-state index is 5.61. The van der Waals surface area contributed by atoms with Gasteiger partial charge < -0.3 is 11.5 Å². The highest BCUT2D eigenvalue weighted by atomic mass is 32.1. The molecule has 3 nitrogen and oxygen atoms in total. The Balaban J connectivity index is 2.45. The van der Waals surface area contributed by atoms with Crippen LogP contribution in [0.2, 0.25) is 0 Å². The summed E-state index contributed by atoms with van der Waals surface area (Å²) < 4.78 is 1.12. The SMILES string of the molecule is NCC=Cc1ccc2sc(N)nc2c1. The molecule has 4 heteroatoms. The quantitative estimate of drug-likeness (QED) is 0.786. The van der Waals surface area contributed by atoms with E-state index in [2.05, 4.69) is 4.98 Å². The lowest BCUT2D eigenvalue weighted by Crippen LogP contribution is -1.91. The van der Waals surface area contributed by atoms with Crippen LogP contribution < -0.4 is 11.5 Å². The number of benzene rings is 1. The molecule has 1 heterocycles. The molecule has 72 valence electrons. The summed E-state index contributed by atoms with van der Waals surface area (Å²) in [5, 5.41) is 0.611. The van der Waals surface area contributed by atoms with Crippen LogP contribution in [0.25, 0.3) is 16.3 Å². The average molecular weight is 205 g/mol. The van der Waals surface area contributed by atoms with E-state index in [1.54, 1.807) is 0 Å². The third-order valence-corrected chi connectivity index (χ3v) is 2.74. The molecule has 0 spiro atoms. The number of nitrogens with two attached hydrogens (primary N) is 2. The van der Waals surface area contributed by atoms with Gasteiger partial charge >= 0.3 is 0 Å². The summed E-state index contributed by atoms with van der Waals surface area (Å²) in [5.41, 5.74) is 13.0. The van der Waals surface area contributed by atoms with E-state index in [1.165, 1.54) is 11.3 Å². The maximum Gasteiger partial charge on any atom is 0.181 e. The number of anilines is 1. The van der Waals surface area contributed by atoms with Crippen molar-refractivity contribution in [2.24, 2.45) is 5.73 Å². The van der Waals surface area contributed by atoms with Crippen molar-refractivity contribution in [2.75, 3.05) is 12.3 Å². The molecule has 0 saturated carbocycles. The van der Waals surface area contributed by atoms with Crippen LogP contribution in [0.4, 0.5) is 5.13 Å². The van der Waals surface area contributed by atoms with E-state index in [-0.39, 0.29) is 0 Å². The van der Waals surface area contributed by atoms with Gasteiger partial charge in [-0.3, -0.25) is 0 Å². The Kier molecular flexibility index (Phi) is 2.47. The van der Waals surface area contributed by atoms with Gasteiger partial charge in [-0.15, -0.1) is 0 Å². The molecule has 0 radical (unpaired) electrons. The van der Waals surface area contributed by atoms with Gasteiger partial charge in [-0.05, 0) is 17.7 Å². The monoisotopic (exact) mass is 205 g/mol. The molecule has 1 aromatic heterocycles. The number of rotatable bonds is 2. The highest BCUT2D eigenvalue weighted by Crippen LogP contribution is 2.24. The first-order chi connectivity index (χ1) is 6.79. The second kappa shape index (κ2) is 3.77. The maximum absolute atomic E-state index is 5.61. The Bertz CT molecular complexity index is 473. The van der Waals surface area contributed by atoms with E-state index in [9.17, 15) is 0 Å². The zero-order valence-corrected chi connectivity index (χ0v) is 8.42. The van der Waals surface area contributed by atoms with Gasteiger partial charge in [0.2, 0.25) is 0 Å². The fourth-order valence-electron chi connectivity index (χ4n) is 1.27. The van der Waals surface area contributed by atoms with Gasteiger partial charge in [0.25, 0.3) is 0 Å². The van der Waals surface area contributed by atoms with Gasteiger partial charge in [0, 0.05) is 6.54 Å². The van der Waals surface area contributed by atoms with Gasteiger partial charge in [0.05, 0.1) is 10.2 Å². The summed E-state index contributed by atoms with van der Waals surface area (Å²) >= 11 is 1.50. The van der Waals surface area contributed by atoms with Crippen molar-refractivity contribution < 1.29 is 0 Å². The van der Waals surface area contributed by atoms with Crippen LogP contribution in [0.5, 0.6) is 0 Å². The van der Waals surface area contributed by atoms with E-state index < -0.39 is 0 Å². The van der Waals surface area contributed by atoms with Gasteiger partial charge in [-0.1, -0.05) is 29.6 Å². The van der Waals surface area contributed by atoms with Crippen LogP contribution in [-0.4, -0.2) is 11.5 Å². The summed E-state index contributed by atoms with van der Waals surface area (Å²) in [4.78, 5) is 4.21. The van der Waals surface area contributed by atoms with Crippen molar-refractivity contribution in [3.8, 4) is 0 Å². The van der Waals surface area contributed by atoms with E-state index in [1.807, 2.05) is 30.4 Å². The number of nitrogen functional groups attached to an aromatic ring is 1. The number of thiazole rings is 1.